The summed E-state index contributed by atoms with van der Waals surface area (Å²) in [7, 11) is 1.85. The van der Waals surface area contributed by atoms with Gasteiger partial charge in [0.1, 0.15) is 40.1 Å². The van der Waals surface area contributed by atoms with E-state index in [1.165, 1.54) is 0 Å². The molecule has 0 unspecified atom stereocenters. The Kier molecular flexibility index (Phi) is 28.6. The molecule has 22 heteroatoms. The number of nitrogens with zero attached hydrogens (tertiary/aromatic N) is 4. The fourth-order valence-corrected chi connectivity index (χ4v) is 7.08. The largest absolute Gasteiger partial charge is 0.460 e. The van der Waals surface area contributed by atoms with E-state index >= 15 is 0 Å². The van der Waals surface area contributed by atoms with E-state index in [0.717, 1.165) is 13.0 Å². The molecule has 0 spiro atoms. The van der Waals surface area contributed by atoms with Crippen LogP contribution in [-0.2, 0) is 66.8 Å². The quantitative estimate of drug-likeness (QED) is 0.0611. The van der Waals surface area contributed by atoms with E-state index in [2.05, 4.69) is 21.3 Å². The summed E-state index contributed by atoms with van der Waals surface area (Å²) in [5, 5.41) is 11.0. The molecule has 3 amide bonds. The molecular weight excluding hydrogens is 949 g/mol. The number of ether oxygens (including phenoxy) is 6. The maximum Gasteiger partial charge on any atom is 0.320 e. The van der Waals surface area contributed by atoms with Crippen molar-refractivity contribution in [1.29, 1.82) is 0 Å². The molecule has 1 fully saturated rings. The highest BCUT2D eigenvalue weighted by Crippen LogP contribution is 2.14. The molecule has 0 aromatic carbocycles. The van der Waals surface area contributed by atoms with Crippen molar-refractivity contribution in [3.8, 4) is 0 Å². The minimum absolute atomic E-state index is 0.0400. The Morgan fingerprint density at radius 3 is 1.04 bits per heavy atom. The maximum absolute atomic E-state index is 14.2. The first-order valence-corrected chi connectivity index (χ1v) is 25.6. The van der Waals surface area contributed by atoms with Gasteiger partial charge in [-0.25, -0.2) is 0 Å². The third kappa shape index (κ3) is 35.4. The van der Waals surface area contributed by atoms with Gasteiger partial charge in [0.05, 0.1) is 39.0 Å². The number of hydrogen-bond acceptors (Lipinski definition) is 19. The highest BCUT2D eigenvalue weighted by atomic mass is 16.6. The van der Waals surface area contributed by atoms with Gasteiger partial charge in [0, 0.05) is 72.1 Å². The van der Waals surface area contributed by atoms with Gasteiger partial charge in [-0.05, 0) is 130 Å². The maximum atomic E-state index is 14.2. The average Bonchev–Trinajstić information content (AvgIpc) is 3.18. The van der Waals surface area contributed by atoms with Crippen molar-refractivity contribution in [2.45, 2.75) is 170 Å². The van der Waals surface area contributed by atoms with Gasteiger partial charge in [-0.1, -0.05) is 0 Å². The van der Waals surface area contributed by atoms with Crippen LogP contribution in [0.15, 0.2) is 0 Å². The normalized spacial score (nSPS) is 16.4. The number of rotatable bonds is 24. The van der Waals surface area contributed by atoms with E-state index in [4.69, 9.17) is 28.4 Å². The molecule has 0 aliphatic carbocycles. The fraction of sp³-hybridized carbons (Fsp3) is 0.843. The van der Waals surface area contributed by atoms with Crippen LogP contribution in [0.2, 0.25) is 0 Å². The van der Waals surface area contributed by atoms with Crippen molar-refractivity contribution in [2.24, 2.45) is 0 Å². The molecule has 1 saturated heterocycles. The first kappa shape index (κ1) is 66.5. The Labute approximate surface area is 435 Å². The molecule has 73 heavy (non-hydrogen) atoms. The van der Waals surface area contributed by atoms with Crippen molar-refractivity contribution < 1.29 is 66.8 Å². The molecule has 1 aliphatic heterocycles. The highest BCUT2D eigenvalue weighted by molar-refractivity contribution is 5.96. The number of carbonyl (C=O) groups excluding carboxylic acids is 8. The zero-order chi connectivity index (χ0) is 55.8. The lowest BCUT2D eigenvalue weighted by Crippen LogP contribution is -2.56. The van der Waals surface area contributed by atoms with E-state index in [1.54, 1.807) is 109 Å². The summed E-state index contributed by atoms with van der Waals surface area (Å²) in [4.78, 5) is 115. The Balaban J connectivity index is 3.58. The van der Waals surface area contributed by atoms with Crippen LogP contribution in [0.25, 0.3) is 0 Å². The van der Waals surface area contributed by atoms with Gasteiger partial charge in [-0.2, -0.15) is 0 Å². The van der Waals surface area contributed by atoms with E-state index in [-0.39, 0.29) is 58.9 Å². The van der Waals surface area contributed by atoms with Gasteiger partial charge in [-0.3, -0.25) is 58.0 Å². The number of carbonyl (C=O) groups is 8. The third-order valence-corrected chi connectivity index (χ3v) is 9.96. The molecule has 1 rings (SSSR count). The third-order valence-electron chi connectivity index (χ3n) is 9.96. The van der Waals surface area contributed by atoms with Gasteiger partial charge >= 0.3 is 29.8 Å². The second kappa shape index (κ2) is 31.4. The summed E-state index contributed by atoms with van der Waals surface area (Å²) in [6.07, 6.45) is 0.103. The molecule has 1 aliphatic rings. The van der Waals surface area contributed by atoms with Crippen LogP contribution >= 0.6 is 0 Å². The summed E-state index contributed by atoms with van der Waals surface area (Å²) < 4.78 is 33.6. The summed E-state index contributed by atoms with van der Waals surface area (Å²) in [6.45, 7) is 29.5. The predicted molar refractivity (Wildman–Crippen MR) is 275 cm³/mol. The van der Waals surface area contributed by atoms with Crippen molar-refractivity contribution in [3.63, 3.8) is 0 Å². The zero-order valence-electron chi connectivity index (χ0n) is 47.3. The van der Waals surface area contributed by atoms with Gasteiger partial charge in [0.15, 0.2) is 0 Å². The number of amides is 3. The second-order valence-corrected chi connectivity index (χ2v) is 23.3. The van der Waals surface area contributed by atoms with Crippen LogP contribution in [0.4, 0.5) is 0 Å². The van der Waals surface area contributed by atoms with Gasteiger partial charge in [0.25, 0.3) is 0 Å². The van der Waals surface area contributed by atoms with E-state index in [0.29, 0.717) is 45.8 Å². The molecule has 2 atom stereocenters. The topological polar surface area (TPSA) is 253 Å². The molecule has 422 valence electrons. The van der Waals surface area contributed by atoms with Crippen LogP contribution < -0.4 is 21.3 Å². The SMILES string of the molecule is CNCCCOCCCNC(=O)[C@@H](CC(=O)OC(C)(C)C)NC(=O)[C@@H](CC(=O)OC(C)(C)C)NC(=O)CN1CCN(CC(=O)OC(C)(C)C)CCN(CC(=O)OC(C)(C)C)CCN(CC(=O)OC(C)(C)C)CC1. The number of hydrogen-bond donors (Lipinski definition) is 4. The summed E-state index contributed by atoms with van der Waals surface area (Å²) >= 11 is 0. The molecule has 4 N–H and O–H groups in total. The standard InChI is InChI=1S/C51H94N8O14/c1-47(2,3)69-40(61)31-37(45(66)53-20-18-30-68-29-17-19-52-16)55-46(67)38(32-41(62)70-48(4,5)6)54-39(60)33-56-21-23-57(34-42(63)71-49(7,8)9)25-27-59(36-44(65)73-51(13,14)15)28-26-58(24-22-56)35-43(64)72-50(10,11)12/h37-38,52H,17-36H2,1-16H3,(H,53,66)(H,54,60)(H,55,67)/t37-,38-/m1/s1. The first-order valence-electron chi connectivity index (χ1n) is 25.6. The van der Waals surface area contributed by atoms with Gasteiger partial charge < -0.3 is 49.7 Å². The Morgan fingerprint density at radius 2 is 0.712 bits per heavy atom. The van der Waals surface area contributed by atoms with Gasteiger partial charge in [-0.15, -0.1) is 0 Å². The summed E-state index contributed by atoms with van der Waals surface area (Å²) in [5.41, 5.74) is -4.06. The van der Waals surface area contributed by atoms with Crippen LogP contribution in [0.1, 0.15) is 130 Å². The molecular formula is C51H94N8O14. The lowest BCUT2D eigenvalue weighted by molar-refractivity contribution is -0.158. The Morgan fingerprint density at radius 1 is 0.411 bits per heavy atom. The molecule has 1 heterocycles. The number of esters is 5. The van der Waals surface area contributed by atoms with E-state index in [9.17, 15) is 38.4 Å². The van der Waals surface area contributed by atoms with E-state index < -0.39 is 100 Å². The highest BCUT2D eigenvalue weighted by Gasteiger charge is 2.34. The van der Waals surface area contributed by atoms with Crippen LogP contribution in [0.5, 0.6) is 0 Å². The van der Waals surface area contributed by atoms with Crippen molar-refractivity contribution in [1.82, 2.24) is 40.9 Å². The Bertz CT molecular complexity index is 1720. The predicted octanol–water partition coefficient (Wildman–Crippen LogP) is 1.80. The molecule has 0 aromatic rings. The molecule has 0 saturated carbocycles. The second-order valence-electron chi connectivity index (χ2n) is 23.3. The molecule has 0 bridgehead atoms. The van der Waals surface area contributed by atoms with E-state index in [1.807, 2.05) is 21.7 Å². The van der Waals surface area contributed by atoms with Crippen molar-refractivity contribution in [2.75, 3.05) is 112 Å². The van der Waals surface area contributed by atoms with Crippen LogP contribution in [-0.4, -0.2) is 219 Å². The first-order chi connectivity index (χ1) is 33.5. The summed E-state index contributed by atoms with van der Waals surface area (Å²) in [5.74, 6) is -5.21. The molecule has 0 aromatic heterocycles. The molecule has 0 radical (unpaired) electrons. The van der Waals surface area contributed by atoms with Gasteiger partial charge in [0.2, 0.25) is 17.7 Å². The monoisotopic (exact) mass is 1040 g/mol. The zero-order valence-corrected chi connectivity index (χ0v) is 47.3. The molecule has 22 nitrogen and oxygen atoms in total. The van der Waals surface area contributed by atoms with Crippen molar-refractivity contribution in [3.05, 3.63) is 0 Å². The van der Waals surface area contributed by atoms with Crippen molar-refractivity contribution >= 4 is 47.6 Å². The smallest absolute Gasteiger partial charge is 0.320 e. The minimum Gasteiger partial charge on any atom is -0.460 e. The summed E-state index contributed by atoms with van der Waals surface area (Å²) in [6, 6.07) is -3.00. The Hall–Kier alpha value is -4.48. The lowest BCUT2D eigenvalue weighted by Gasteiger charge is -2.34. The minimum atomic E-state index is -1.56. The average molecular weight is 1040 g/mol. The van der Waals surface area contributed by atoms with Crippen LogP contribution in [0.3, 0.4) is 0 Å². The van der Waals surface area contributed by atoms with Crippen LogP contribution in [0, 0.1) is 0 Å². The number of nitrogens with one attached hydrogen (secondary N) is 4. The lowest BCUT2D eigenvalue weighted by atomic mass is 10.1. The fourth-order valence-electron chi connectivity index (χ4n) is 7.08.